The van der Waals surface area contributed by atoms with Crippen molar-refractivity contribution < 1.29 is 20.1 Å². The molecule has 0 aliphatic rings. The maximum atomic E-state index is 11.9. The zero-order valence-electron chi connectivity index (χ0n) is 9.13. The first-order valence-electron chi connectivity index (χ1n) is 5.01. The maximum Gasteiger partial charge on any atom is 0.253 e. The Morgan fingerprint density at radius 2 is 1.71 bits per heavy atom. The first-order valence-corrected chi connectivity index (χ1v) is 5.46. The van der Waals surface area contributed by atoms with Crippen LogP contribution in [-0.2, 0) is 0 Å². The molecule has 0 aliphatic heterocycles. The molecule has 0 fully saturated rings. The largest absolute Gasteiger partial charge is 0.394 e. The summed E-state index contributed by atoms with van der Waals surface area (Å²) in [6, 6.07) is 6.62. The van der Waals surface area contributed by atoms with Gasteiger partial charge in [-0.15, -0.1) is 12.6 Å². The van der Waals surface area contributed by atoms with E-state index in [9.17, 15) is 4.79 Å². The minimum Gasteiger partial charge on any atom is -0.394 e. The number of amides is 1. The number of carbonyl (C=O) groups is 1. The van der Waals surface area contributed by atoms with Gasteiger partial charge in [-0.25, -0.2) is 0 Å². The van der Waals surface area contributed by atoms with Crippen molar-refractivity contribution in [2.45, 2.75) is 10.4 Å². The van der Waals surface area contributed by atoms with E-state index in [1.54, 1.807) is 24.3 Å². The Morgan fingerprint density at radius 1 is 1.18 bits per heavy atom. The van der Waals surface area contributed by atoms with Gasteiger partial charge in [-0.3, -0.25) is 4.79 Å². The Labute approximate surface area is 105 Å². The number of hydrogen-bond acceptors (Lipinski definition) is 5. The van der Waals surface area contributed by atoms with Gasteiger partial charge in [-0.2, -0.15) is 0 Å². The Hall–Kier alpha value is -1.08. The average molecular weight is 257 g/mol. The Balaban J connectivity index is 2.89. The van der Waals surface area contributed by atoms with Gasteiger partial charge in [0.1, 0.15) is 5.54 Å². The van der Waals surface area contributed by atoms with Gasteiger partial charge >= 0.3 is 0 Å². The zero-order valence-corrected chi connectivity index (χ0v) is 10.0. The number of benzene rings is 1. The Kier molecular flexibility index (Phi) is 4.95. The third-order valence-corrected chi connectivity index (χ3v) is 2.83. The van der Waals surface area contributed by atoms with Gasteiger partial charge in [-0.1, -0.05) is 12.1 Å². The first kappa shape index (κ1) is 14.0. The molecule has 94 valence electrons. The van der Waals surface area contributed by atoms with E-state index < -0.39 is 31.3 Å². The molecule has 0 unspecified atom stereocenters. The third-order valence-electron chi connectivity index (χ3n) is 2.44. The molecule has 4 N–H and O–H groups in total. The van der Waals surface area contributed by atoms with Gasteiger partial charge in [0.2, 0.25) is 0 Å². The van der Waals surface area contributed by atoms with Crippen LogP contribution in [0.25, 0.3) is 0 Å². The fourth-order valence-electron chi connectivity index (χ4n) is 1.24. The van der Waals surface area contributed by atoms with Crippen molar-refractivity contribution in [2.75, 3.05) is 19.8 Å². The van der Waals surface area contributed by atoms with Crippen LogP contribution in [0.3, 0.4) is 0 Å². The van der Waals surface area contributed by atoms with Crippen molar-refractivity contribution in [2.24, 2.45) is 0 Å². The van der Waals surface area contributed by atoms with Crippen molar-refractivity contribution >= 4 is 18.5 Å². The van der Waals surface area contributed by atoms with Crippen LogP contribution < -0.4 is 5.32 Å². The van der Waals surface area contributed by atoms with Crippen molar-refractivity contribution in [1.82, 2.24) is 5.32 Å². The van der Waals surface area contributed by atoms with Crippen LogP contribution >= 0.6 is 12.6 Å². The zero-order chi connectivity index (χ0) is 12.9. The quantitative estimate of drug-likeness (QED) is 0.457. The van der Waals surface area contributed by atoms with Crippen LogP contribution in [0, 0.1) is 0 Å². The molecule has 17 heavy (non-hydrogen) atoms. The number of carbonyl (C=O) groups excluding carboxylic acids is 1. The SMILES string of the molecule is O=C(NC(CO)(CO)CO)c1ccccc1S. The normalized spacial score (nSPS) is 11.3. The third kappa shape index (κ3) is 3.19. The van der Waals surface area contributed by atoms with Gasteiger partial charge in [0.25, 0.3) is 5.91 Å². The second-order valence-corrected chi connectivity index (χ2v) is 4.21. The van der Waals surface area contributed by atoms with E-state index in [1.807, 2.05) is 0 Å². The highest BCUT2D eigenvalue weighted by atomic mass is 32.1. The summed E-state index contributed by atoms with van der Waals surface area (Å²) in [5.41, 5.74) is -1.11. The number of aliphatic hydroxyl groups is 3. The molecule has 0 saturated carbocycles. The van der Waals surface area contributed by atoms with Crippen molar-refractivity contribution in [3.05, 3.63) is 29.8 Å². The number of aliphatic hydroxyl groups excluding tert-OH is 3. The molecule has 1 aromatic rings. The van der Waals surface area contributed by atoms with Crippen LogP contribution in [-0.4, -0.2) is 46.6 Å². The van der Waals surface area contributed by atoms with Crippen LogP contribution in [0.1, 0.15) is 10.4 Å². The molecule has 0 aliphatic carbocycles. The molecule has 0 atom stereocenters. The molecule has 1 rings (SSSR count). The summed E-state index contributed by atoms with van der Waals surface area (Å²) >= 11 is 4.13. The van der Waals surface area contributed by atoms with Crippen LogP contribution in [0.2, 0.25) is 0 Å². The predicted octanol–water partition coefficient (Wildman–Crippen LogP) is -0.579. The first-order chi connectivity index (χ1) is 8.08. The summed E-state index contributed by atoms with van der Waals surface area (Å²) in [4.78, 5) is 12.3. The number of rotatable bonds is 5. The molecule has 0 heterocycles. The lowest BCUT2D eigenvalue weighted by atomic mass is 10.0. The van der Waals surface area contributed by atoms with E-state index in [0.717, 1.165) is 0 Å². The van der Waals surface area contributed by atoms with E-state index in [-0.39, 0.29) is 0 Å². The van der Waals surface area contributed by atoms with Crippen molar-refractivity contribution in [3.8, 4) is 0 Å². The Bertz CT molecular complexity index is 385. The van der Waals surface area contributed by atoms with Gasteiger partial charge in [-0.05, 0) is 12.1 Å². The summed E-state index contributed by atoms with van der Waals surface area (Å²) in [5.74, 6) is -0.507. The highest BCUT2D eigenvalue weighted by molar-refractivity contribution is 7.80. The van der Waals surface area contributed by atoms with E-state index in [1.165, 1.54) is 0 Å². The summed E-state index contributed by atoms with van der Waals surface area (Å²) in [7, 11) is 0. The average Bonchev–Trinajstić information content (AvgIpc) is 2.36. The van der Waals surface area contributed by atoms with Crippen LogP contribution in [0.4, 0.5) is 0 Å². The summed E-state index contributed by atoms with van der Waals surface area (Å²) in [6.07, 6.45) is 0. The lowest BCUT2D eigenvalue weighted by molar-refractivity contribution is 0.0374. The van der Waals surface area contributed by atoms with Crippen molar-refractivity contribution in [1.29, 1.82) is 0 Å². The molecule has 0 saturated heterocycles. The lowest BCUT2D eigenvalue weighted by Crippen LogP contribution is -2.57. The molecule has 6 heteroatoms. The van der Waals surface area contributed by atoms with Crippen LogP contribution in [0.15, 0.2) is 29.2 Å². The number of thiol groups is 1. The molecular formula is C11H15NO4S. The lowest BCUT2D eigenvalue weighted by Gasteiger charge is -2.28. The van der Waals surface area contributed by atoms with Crippen LogP contribution in [0.5, 0.6) is 0 Å². The second-order valence-electron chi connectivity index (χ2n) is 3.73. The fourth-order valence-corrected chi connectivity index (χ4v) is 1.50. The minimum absolute atomic E-state index is 0.315. The van der Waals surface area contributed by atoms with E-state index >= 15 is 0 Å². The highest BCUT2D eigenvalue weighted by Gasteiger charge is 2.30. The molecule has 0 spiro atoms. The summed E-state index contributed by atoms with van der Waals surface area (Å²) in [5, 5.41) is 29.7. The minimum atomic E-state index is -1.42. The highest BCUT2D eigenvalue weighted by Crippen LogP contribution is 2.14. The van der Waals surface area contributed by atoms with E-state index in [4.69, 9.17) is 15.3 Å². The maximum absolute atomic E-state index is 11.9. The standard InChI is InChI=1S/C11H15NO4S/c13-5-11(6-14,7-15)12-10(16)8-3-1-2-4-9(8)17/h1-4,13-15,17H,5-7H2,(H,12,16). The molecule has 0 radical (unpaired) electrons. The molecule has 0 aromatic heterocycles. The van der Waals surface area contributed by atoms with Crippen molar-refractivity contribution in [3.63, 3.8) is 0 Å². The number of nitrogens with one attached hydrogen (secondary N) is 1. The molecule has 5 nitrogen and oxygen atoms in total. The van der Waals surface area contributed by atoms with Gasteiger partial charge in [0.05, 0.1) is 25.4 Å². The summed E-state index contributed by atoms with van der Waals surface area (Å²) in [6.45, 7) is -1.67. The van der Waals surface area contributed by atoms with E-state index in [2.05, 4.69) is 17.9 Å². The van der Waals surface area contributed by atoms with Gasteiger partial charge in [0.15, 0.2) is 0 Å². The number of hydrogen-bond donors (Lipinski definition) is 5. The predicted molar refractivity (Wildman–Crippen MR) is 65.1 cm³/mol. The molecule has 1 aromatic carbocycles. The molecule has 1 amide bonds. The van der Waals surface area contributed by atoms with Gasteiger partial charge in [0, 0.05) is 4.90 Å². The summed E-state index contributed by atoms with van der Waals surface area (Å²) < 4.78 is 0. The fraction of sp³-hybridized carbons (Fsp3) is 0.364. The second kappa shape index (κ2) is 6.02. The van der Waals surface area contributed by atoms with Gasteiger partial charge < -0.3 is 20.6 Å². The molecule has 0 bridgehead atoms. The Morgan fingerprint density at radius 3 is 2.18 bits per heavy atom. The van der Waals surface area contributed by atoms with E-state index in [0.29, 0.717) is 10.5 Å². The topological polar surface area (TPSA) is 89.8 Å². The monoisotopic (exact) mass is 257 g/mol. The molecular weight excluding hydrogens is 242 g/mol. The smallest absolute Gasteiger partial charge is 0.253 e.